The van der Waals surface area contributed by atoms with Crippen molar-refractivity contribution < 1.29 is 0 Å². The minimum atomic E-state index is 0.493. The molecule has 0 atom stereocenters. The number of aromatic amines is 1. The molecule has 0 aliphatic heterocycles. The van der Waals surface area contributed by atoms with Crippen molar-refractivity contribution in [1.29, 1.82) is 0 Å². The van der Waals surface area contributed by atoms with Crippen LogP contribution in [0.15, 0.2) is 23.7 Å². The Balaban J connectivity index is 1.60. The average molecular weight is 293 g/mol. The molecule has 1 fully saturated rings. The molecular weight excluding hydrogens is 274 g/mol. The summed E-state index contributed by atoms with van der Waals surface area (Å²) in [6, 6.07) is 4.21. The maximum absolute atomic E-state index is 4.18. The Kier molecular flexibility index (Phi) is 3.96. The summed E-state index contributed by atoms with van der Waals surface area (Å²) >= 11 is 3.77. The molecule has 102 valence electrons. The lowest BCUT2D eigenvalue weighted by molar-refractivity contribution is 0.345. The molecule has 2 N–H and O–H groups in total. The zero-order valence-electron chi connectivity index (χ0n) is 11.1. The van der Waals surface area contributed by atoms with Crippen molar-refractivity contribution in [3.63, 3.8) is 0 Å². The van der Waals surface area contributed by atoms with E-state index in [0.29, 0.717) is 4.75 Å². The molecular formula is C14H19N3S2. The Labute approximate surface area is 122 Å². The molecule has 0 radical (unpaired) electrons. The Hall–Kier alpha value is -0.780. The molecule has 0 bridgehead atoms. The lowest BCUT2D eigenvalue weighted by atomic mass is 9.84. The smallest absolute Gasteiger partial charge is 0.0794 e. The molecule has 0 amide bonds. The lowest BCUT2D eigenvalue weighted by Crippen LogP contribution is -2.43. The van der Waals surface area contributed by atoms with Crippen LogP contribution in [0.1, 0.15) is 24.8 Å². The van der Waals surface area contributed by atoms with Crippen LogP contribution in [-0.2, 0) is 6.54 Å². The van der Waals surface area contributed by atoms with Crippen molar-refractivity contribution in [2.45, 2.75) is 30.6 Å². The van der Waals surface area contributed by atoms with Gasteiger partial charge in [-0.2, -0.15) is 16.9 Å². The summed E-state index contributed by atoms with van der Waals surface area (Å²) in [5, 5.41) is 13.0. The van der Waals surface area contributed by atoms with Crippen molar-refractivity contribution in [3.8, 4) is 10.6 Å². The van der Waals surface area contributed by atoms with E-state index in [-0.39, 0.29) is 0 Å². The van der Waals surface area contributed by atoms with Crippen molar-refractivity contribution in [2.24, 2.45) is 0 Å². The minimum absolute atomic E-state index is 0.493. The average Bonchev–Trinajstić information content (AvgIpc) is 3.02. The van der Waals surface area contributed by atoms with E-state index in [1.807, 2.05) is 18.0 Å². The van der Waals surface area contributed by atoms with Crippen LogP contribution in [0.2, 0.25) is 0 Å². The predicted octanol–water partition coefficient (Wildman–Crippen LogP) is 3.51. The van der Waals surface area contributed by atoms with Crippen LogP contribution in [0.4, 0.5) is 0 Å². The van der Waals surface area contributed by atoms with Crippen molar-refractivity contribution in [1.82, 2.24) is 15.5 Å². The van der Waals surface area contributed by atoms with Gasteiger partial charge in [-0.15, -0.1) is 11.3 Å². The zero-order chi connectivity index (χ0) is 13.1. The van der Waals surface area contributed by atoms with Gasteiger partial charge in [0.25, 0.3) is 0 Å². The number of aromatic nitrogens is 2. The summed E-state index contributed by atoms with van der Waals surface area (Å²) in [5.41, 5.74) is 2.42. The first-order valence-corrected chi connectivity index (χ1v) is 8.75. The fraction of sp³-hybridized carbons (Fsp3) is 0.500. The van der Waals surface area contributed by atoms with Gasteiger partial charge in [-0.1, -0.05) is 12.5 Å². The van der Waals surface area contributed by atoms with Gasteiger partial charge in [-0.05, 0) is 30.5 Å². The predicted molar refractivity (Wildman–Crippen MR) is 83.7 cm³/mol. The summed E-state index contributed by atoms with van der Waals surface area (Å²) in [6.45, 7) is 2.00. The third-order valence-corrected chi connectivity index (χ3v) is 6.25. The molecule has 0 spiro atoms. The minimum Gasteiger partial charge on any atom is -0.311 e. The fourth-order valence-corrected chi connectivity index (χ4v) is 4.23. The highest BCUT2D eigenvalue weighted by molar-refractivity contribution is 8.00. The van der Waals surface area contributed by atoms with E-state index in [1.54, 1.807) is 11.3 Å². The second-order valence-electron chi connectivity index (χ2n) is 5.09. The normalized spacial score (nSPS) is 17.3. The van der Waals surface area contributed by atoms with Crippen LogP contribution in [-0.4, -0.2) is 27.7 Å². The van der Waals surface area contributed by atoms with E-state index in [4.69, 9.17) is 0 Å². The maximum atomic E-state index is 4.18. The van der Waals surface area contributed by atoms with Gasteiger partial charge < -0.3 is 5.32 Å². The summed E-state index contributed by atoms with van der Waals surface area (Å²) in [5.74, 6) is 0. The molecule has 0 unspecified atom stereocenters. The number of thiophene rings is 1. The maximum Gasteiger partial charge on any atom is 0.0794 e. The second kappa shape index (κ2) is 5.69. The number of nitrogens with one attached hydrogen (secondary N) is 2. The standard InChI is InChI=1S/C14H19N3S2/c1-18-14(5-3-6-14)10-15-8-11-9-16-17-13(11)12-4-2-7-19-12/h2,4,7,9,15H,3,5-6,8,10H2,1H3,(H,16,17). The molecule has 19 heavy (non-hydrogen) atoms. The van der Waals surface area contributed by atoms with Crippen molar-refractivity contribution >= 4 is 23.1 Å². The van der Waals surface area contributed by atoms with Crippen molar-refractivity contribution in [3.05, 3.63) is 29.3 Å². The Morgan fingerprint density at radius 2 is 2.42 bits per heavy atom. The van der Waals surface area contributed by atoms with Crippen molar-refractivity contribution in [2.75, 3.05) is 12.8 Å². The Bertz CT molecular complexity index is 509. The molecule has 2 heterocycles. The van der Waals surface area contributed by atoms with Gasteiger partial charge in [0.05, 0.1) is 16.8 Å². The third-order valence-electron chi connectivity index (χ3n) is 3.95. The van der Waals surface area contributed by atoms with Crippen LogP contribution in [0.3, 0.4) is 0 Å². The highest BCUT2D eigenvalue weighted by atomic mass is 32.2. The number of hydrogen-bond acceptors (Lipinski definition) is 4. The van der Waals surface area contributed by atoms with E-state index in [2.05, 4.69) is 39.3 Å². The molecule has 3 rings (SSSR count). The first-order valence-electron chi connectivity index (χ1n) is 6.65. The van der Waals surface area contributed by atoms with Gasteiger partial charge in [0.15, 0.2) is 0 Å². The summed E-state index contributed by atoms with van der Waals surface area (Å²) in [6.07, 6.45) is 8.26. The first kappa shape index (κ1) is 13.2. The van der Waals surface area contributed by atoms with Gasteiger partial charge >= 0.3 is 0 Å². The van der Waals surface area contributed by atoms with Gasteiger partial charge in [-0.25, -0.2) is 0 Å². The largest absolute Gasteiger partial charge is 0.311 e. The van der Waals surface area contributed by atoms with Crippen LogP contribution >= 0.6 is 23.1 Å². The van der Waals surface area contributed by atoms with Crippen LogP contribution < -0.4 is 5.32 Å². The molecule has 0 aromatic carbocycles. The highest BCUT2D eigenvalue weighted by Gasteiger charge is 2.35. The molecule has 1 saturated carbocycles. The molecule has 2 aromatic rings. The molecule has 1 aliphatic carbocycles. The van der Waals surface area contributed by atoms with Gasteiger partial charge in [0.2, 0.25) is 0 Å². The summed E-state index contributed by atoms with van der Waals surface area (Å²) in [7, 11) is 0. The number of thioether (sulfide) groups is 1. The van der Waals surface area contributed by atoms with Crippen LogP contribution in [0.25, 0.3) is 10.6 Å². The Morgan fingerprint density at radius 1 is 1.53 bits per heavy atom. The number of hydrogen-bond donors (Lipinski definition) is 2. The zero-order valence-corrected chi connectivity index (χ0v) is 12.7. The number of rotatable bonds is 6. The molecule has 2 aromatic heterocycles. The van der Waals surface area contributed by atoms with Gasteiger partial charge in [0.1, 0.15) is 0 Å². The second-order valence-corrected chi connectivity index (χ2v) is 7.31. The molecule has 5 heteroatoms. The SMILES string of the molecule is CSC1(CNCc2cn[nH]c2-c2cccs2)CCC1. The quantitative estimate of drug-likeness (QED) is 0.856. The molecule has 0 saturated heterocycles. The molecule has 1 aliphatic rings. The van der Waals surface area contributed by atoms with Gasteiger partial charge in [-0.3, -0.25) is 5.10 Å². The van der Waals surface area contributed by atoms with Crippen LogP contribution in [0.5, 0.6) is 0 Å². The Morgan fingerprint density at radius 3 is 3.05 bits per heavy atom. The van der Waals surface area contributed by atoms with E-state index in [1.165, 1.54) is 29.7 Å². The summed E-state index contributed by atoms with van der Waals surface area (Å²) in [4.78, 5) is 1.26. The fourth-order valence-electron chi connectivity index (χ4n) is 2.53. The highest BCUT2D eigenvalue weighted by Crippen LogP contribution is 2.42. The van der Waals surface area contributed by atoms with E-state index in [0.717, 1.165) is 18.8 Å². The topological polar surface area (TPSA) is 40.7 Å². The first-order chi connectivity index (χ1) is 9.33. The van der Waals surface area contributed by atoms with E-state index in [9.17, 15) is 0 Å². The number of H-pyrrole nitrogens is 1. The lowest BCUT2D eigenvalue weighted by Gasteiger charge is -2.40. The number of nitrogens with zero attached hydrogens (tertiary/aromatic N) is 1. The van der Waals surface area contributed by atoms with E-state index < -0.39 is 0 Å². The monoisotopic (exact) mass is 293 g/mol. The summed E-state index contributed by atoms with van der Waals surface area (Å²) < 4.78 is 0.493. The molecule has 3 nitrogen and oxygen atoms in total. The van der Waals surface area contributed by atoms with Gasteiger partial charge in [0, 0.05) is 23.4 Å². The third kappa shape index (κ3) is 2.73. The van der Waals surface area contributed by atoms with Crippen LogP contribution in [0, 0.1) is 0 Å². The van der Waals surface area contributed by atoms with E-state index >= 15 is 0 Å².